The van der Waals surface area contributed by atoms with E-state index in [1.54, 1.807) is 31.2 Å². The standard InChI is InChI=1S/C19H17FN4O/c1-12-6-5-7-14(10-12)23-19(25)17-11-18(22-13(2)21-17)24-16-9-4-3-8-15(16)20/h3-11H,1-2H3,(H,23,25)(H,21,22,24). The summed E-state index contributed by atoms with van der Waals surface area (Å²) in [5.74, 6) is 0.0138. The quantitative estimate of drug-likeness (QED) is 0.748. The van der Waals surface area contributed by atoms with E-state index in [0.717, 1.165) is 5.56 Å². The lowest BCUT2D eigenvalue weighted by molar-refractivity contribution is 0.102. The number of anilines is 3. The Morgan fingerprint density at radius 1 is 1.00 bits per heavy atom. The molecule has 3 aromatic rings. The van der Waals surface area contributed by atoms with E-state index < -0.39 is 5.82 Å². The van der Waals surface area contributed by atoms with Gasteiger partial charge < -0.3 is 10.6 Å². The molecule has 0 saturated heterocycles. The first-order chi connectivity index (χ1) is 12.0. The summed E-state index contributed by atoms with van der Waals surface area (Å²) in [5.41, 5.74) is 2.21. The molecule has 0 atom stereocenters. The average molecular weight is 336 g/mol. The molecule has 0 aliphatic rings. The maximum absolute atomic E-state index is 13.8. The van der Waals surface area contributed by atoms with Crippen LogP contribution in [0.25, 0.3) is 0 Å². The van der Waals surface area contributed by atoms with Gasteiger partial charge in [-0.25, -0.2) is 14.4 Å². The fourth-order valence-corrected chi connectivity index (χ4v) is 2.37. The molecule has 2 aromatic carbocycles. The Bertz CT molecular complexity index is 927. The van der Waals surface area contributed by atoms with Crippen molar-refractivity contribution in [1.29, 1.82) is 0 Å². The third-order valence-electron chi connectivity index (χ3n) is 3.48. The van der Waals surface area contributed by atoms with Crippen LogP contribution in [0, 0.1) is 19.7 Å². The fourth-order valence-electron chi connectivity index (χ4n) is 2.37. The third-order valence-corrected chi connectivity index (χ3v) is 3.48. The van der Waals surface area contributed by atoms with E-state index in [0.29, 0.717) is 17.3 Å². The first-order valence-electron chi connectivity index (χ1n) is 7.76. The van der Waals surface area contributed by atoms with Gasteiger partial charge in [0, 0.05) is 11.8 Å². The van der Waals surface area contributed by atoms with Gasteiger partial charge in [0.2, 0.25) is 0 Å². The van der Waals surface area contributed by atoms with E-state index in [1.807, 2.05) is 25.1 Å². The van der Waals surface area contributed by atoms with E-state index in [1.165, 1.54) is 12.1 Å². The largest absolute Gasteiger partial charge is 0.338 e. The Balaban J connectivity index is 1.83. The van der Waals surface area contributed by atoms with Crippen LogP contribution in [-0.4, -0.2) is 15.9 Å². The van der Waals surface area contributed by atoms with E-state index in [-0.39, 0.29) is 17.3 Å². The summed E-state index contributed by atoms with van der Waals surface area (Å²) >= 11 is 0. The zero-order chi connectivity index (χ0) is 17.8. The molecule has 1 aromatic heterocycles. The van der Waals surface area contributed by atoms with Crippen LogP contribution in [-0.2, 0) is 0 Å². The second-order valence-corrected chi connectivity index (χ2v) is 5.61. The summed E-state index contributed by atoms with van der Waals surface area (Å²) in [7, 11) is 0. The number of para-hydroxylation sites is 1. The van der Waals surface area contributed by atoms with Crippen LogP contribution in [0.2, 0.25) is 0 Å². The highest BCUT2D eigenvalue weighted by Gasteiger charge is 2.12. The molecule has 5 nitrogen and oxygen atoms in total. The summed E-state index contributed by atoms with van der Waals surface area (Å²) in [6.45, 7) is 3.62. The predicted molar refractivity (Wildman–Crippen MR) is 95.6 cm³/mol. The van der Waals surface area contributed by atoms with Crippen molar-refractivity contribution in [1.82, 2.24) is 9.97 Å². The molecule has 0 spiro atoms. The molecule has 6 heteroatoms. The molecule has 0 saturated carbocycles. The number of nitrogens with one attached hydrogen (secondary N) is 2. The molecule has 25 heavy (non-hydrogen) atoms. The number of hydrogen-bond donors (Lipinski definition) is 2. The lowest BCUT2D eigenvalue weighted by Crippen LogP contribution is -2.15. The Morgan fingerprint density at radius 3 is 2.56 bits per heavy atom. The van der Waals surface area contributed by atoms with Gasteiger partial charge in [-0.3, -0.25) is 4.79 Å². The summed E-state index contributed by atoms with van der Waals surface area (Å²) in [4.78, 5) is 20.8. The van der Waals surface area contributed by atoms with Gasteiger partial charge in [-0.15, -0.1) is 0 Å². The lowest BCUT2D eigenvalue weighted by Gasteiger charge is -2.10. The first-order valence-corrected chi connectivity index (χ1v) is 7.76. The monoisotopic (exact) mass is 336 g/mol. The highest BCUT2D eigenvalue weighted by Crippen LogP contribution is 2.19. The molecule has 126 valence electrons. The van der Waals surface area contributed by atoms with Crippen LogP contribution in [0.15, 0.2) is 54.6 Å². The van der Waals surface area contributed by atoms with Gasteiger partial charge in [0.25, 0.3) is 5.91 Å². The van der Waals surface area contributed by atoms with Crippen molar-refractivity contribution in [2.75, 3.05) is 10.6 Å². The van der Waals surface area contributed by atoms with Crippen LogP contribution in [0.1, 0.15) is 21.9 Å². The van der Waals surface area contributed by atoms with E-state index >= 15 is 0 Å². The van der Waals surface area contributed by atoms with Crippen LogP contribution in [0.3, 0.4) is 0 Å². The molecule has 3 rings (SSSR count). The number of amides is 1. The highest BCUT2D eigenvalue weighted by atomic mass is 19.1. The summed E-state index contributed by atoms with van der Waals surface area (Å²) < 4.78 is 13.8. The molecule has 0 fully saturated rings. The number of aromatic nitrogens is 2. The van der Waals surface area contributed by atoms with Crippen molar-refractivity contribution in [3.8, 4) is 0 Å². The molecule has 0 aliphatic carbocycles. The summed E-state index contributed by atoms with van der Waals surface area (Å²) in [6.07, 6.45) is 0. The van der Waals surface area contributed by atoms with E-state index in [4.69, 9.17) is 0 Å². The first kappa shape index (κ1) is 16.6. The molecule has 0 unspecified atom stereocenters. The Labute approximate surface area is 145 Å². The lowest BCUT2D eigenvalue weighted by atomic mass is 10.2. The Hall–Kier alpha value is -3.28. The molecule has 0 bridgehead atoms. The number of carbonyl (C=O) groups is 1. The number of benzene rings is 2. The minimum Gasteiger partial charge on any atom is -0.338 e. The van der Waals surface area contributed by atoms with Crippen molar-refractivity contribution >= 4 is 23.1 Å². The minimum atomic E-state index is -0.399. The van der Waals surface area contributed by atoms with E-state index in [2.05, 4.69) is 20.6 Å². The normalized spacial score (nSPS) is 10.4. The summed E-state index contributed by atoms with van der Waals surface area (Å²) in [5, 5.41) is 5.67. The van der Waals surface area contributed by atoms with Crippen LogP contribution >= 0.6 is 0 Å². The topological polar surface area (TPSA) is 66.9 Å². The highest BCUT2D eigenvalue weighted by molar-refractivity contribution is 6.03. The molecular weight excluding hydrogens is 319 g/mol. The number of nitrogens with zero attached hydrogens (tertiary/aromatic N) is 2. The van der Waals surface area contributed by atoms with Gasteiger partial charge in [0.1, 0.15) is 23.2 Å². The van der Waals surface area contributed by atoms with Gasteiger partial charge in [-0.2, -0.15) is 0 Å². The van der Waals surface area contributed by atoms with Crippen molar-refractivity contribution in [3.05, 3.63) is 77.5 Å². The molecule has 0 radical (unpaired) electrons. The Morgan fingerprint density at radius 2 is 1.80 bits per heavy atom. The minimum absolute atomic E-state index is 0.202. The van der Waals surface area contributed by atoms with Gasteiger partial charge in [-0.1, -0.05) is 24.3 Å². The van der Waals surface area contributed by atoms with Crippen LogP contribution in [0.5, 0.6) is 0 Å². The van der Waals surface area contributed by atoms with Crippen molar-refractivity contribution in [2.45, 2.75) is 13.8 Å². The predicted octanol–water partition coefficient (Wildman–Crippen LogP) is 4.23. The molecule has 1 heterocycles. The second-order valence-electron chi connectivity index (χ2n) is 5.61. The summed E-state index contributed by atoms with van der Waals surface area (Å²) in [6, 6.07) is 15.2. The van der Waals surface area contributed by atoms with Crippen molar-refractivity contribution < 1.29 is 9.18 Å². The Kier molecular flexibility index (Phi) is 4.70. The number of rotatable bonds is 4. The number of halogens is 1. The van der Waals surface area contributed by atoms with Crippen LogP contribution < -0.4 is 10.6 Å². The number of hydrogen-bond acceptors (Lipinski definition) is 4. The van der Waals surface area contributed by atoms with Crippen molar-refractivity contribution in [2.24, 2.45) is 0 Å². The smallest absolute Gasteiger partial charge is 0.274 e. The van der Waals surface area contributed by atoms with Gasteiger partial charge in [0.15, 0.2) is 0 Å². The molecule has 0 aliphatic heterocycles. The SMILES string of the molecule is Cc1cccc(NC(=O)c2cc(Nc3ccccc3F)nc(C)n2)c1. The van der Waals surface area contributed by atoms with Gasteiger partial charge >= 0.3 is 0 Å². The van der Waals surface area contributed by atoms with E-state index in [9.17, 15) is 9.18 Å². The zero-order valence-electron chi connectivity index (χ0n) is 13.9. The molecule has 1 amide bonds. The molecule has 2 N–H and O–H groups in total. The maximum atomic E-state index is 13.8. The van der Waals surface area contributed by atoms with Gasteiger partial charge in [0.05, 0.1) is 5.69 Å². The van der Waals surface area contributed by atoms with Gasteiger partial charge in [-0.05, 0) is 43.7 Å². The van der Waals surface area contributed by atoms with Crippen molar-refractivity contribution in [3.63, 3.8) is 0 Å². The number of carbonyl (C=O) groups excluding carboxylic acids is 1. The molecular formula is C19H17FN4O. The second kappa shape index (κ2) is 7.09. The number of aryl methyl sites for hydroxylation is 2. The average Bonchev–Trinajstić information content (AvgIpc) is 2.56. The maximum Gasteiger partial charge on any atom is 0.274 e. The fraction of sp³-hybridized carbons (Fsp3) is 0.105. The third kappa shape index (κ3) is 4.17. The van der Waals surface area contributed by atoms with Crippen LogP contribution in [0.4, 0.5) is 21.6 Å². The zero-order valence-corrected chi connectivity index (χ0v) is 13.9.